The van der Waals surface area contributed by atoms with Crippen LogP contribution in [-0.4, -0.2) is 24.7 Å². The summed E-state index contributed by atoms with van der Waals surface area (Å²) in [5, 5.41) is 11.8. The molecule has 2 N–H and O–H groups in total. The lowest BCUT2D eigenvalue weighted by Gasteiger charge is -2.19. The Labute approximate surface area is 160 Å². The van der Waals surface area contributed by atoms with Gasteiger partial charge in [0, 0.05) is 42.6 Å². The van der Waals surface area contributed by atoms with Crippen LogP contribution in [0.2, 0.25) is 5.02 Å². The zero-order valence-corrected chi connectivity index (χ0v) is 16.5. The molecule has 0 spiro atoms. The van der Waals surface area contributed by atoms with Crippen LogP contribution in [0, 0.1) is 0 Å². The van der Waals surface area contributed by atoms with Gasteiger partial charge in [-0.2, -0.15) is 0 Å². The summed E-state index contributed by atoms with van der Waals surface area (Å²) in [5.41, 5.74) is 3.63. The topological polar surface area (TPSA) is 62.5 Å². The highest BCUT2D eigenvalue weighted by Gasteiger charge is 2.44. The summed E-state index contributed by atoms with van der Waals surface area (Å²) >= 11 is 6.16. The number of aliphatic imine (C=N–C) groups is 1. The van der Waals surface area contributed by atoms with Crippen molar-refractivity contribution in [3.05, 3.63) is 51.9 Å². The number of hydrogen-bond acceptors (Lipinski definition) is 3. The van der Waals surface area contributed by atoms with Gasteiger partial charge >= 0.3 is 0 Å². The van der Waals surface area contributed by atoms with Crippen molar-refractivity contribution in [1.29, 1.82) is 0 Å². The van der Waals surface area contributed by atoms with E-state index >= 15 is 0 Å². The van der Waals surface area contributed by atoms with Crippen LogP contribution < -0.4 is 10.6 Å². The molecule has 0 radical (unpaired) electrons. The van der Waals surface area contributed by atoms with Crippen LogP contribution in [0.25, 0.3) is 0 Å². The van der Waals surface area contributed by atoms with Crippen molar-refractivity contribution in [2.45, 2.75) is 51.5 Å². The number of benzene rings is 1. The van der Waals surface area contributed by atoms with Crippen molar-refractivity contribution in [3.8, 4) is 0 Å². The van der Waals surface area contributed by atoms with E-state index in [4.69, 9.17) is 16.1 Å². The Bertz CT molecular complexity index is 758. The van der Waals surface area contributed by atoms with Crippen LogP contribution >= 0.6 is 11.6 Å². The summed E-state index contributed by atoms with van der Waals surface area (Å²) in [6.07, 6.45) is 4.05. The molecule has 1 aromatic carbocycles. The Morgan fingerprint density at radius 1 is 1.27 bits per heavy atom. The normalized spacial score (nSPS) is 15.8. The lowest BCUT2D eigenvalue weighted by molar-refractivity contribution is 0.380. The molecular weight excluding hydrogens is 348 g/mol. The fourth-order valence-electron chi connectivity index (χ4n) is 3.32. The van der Waals surface area contributed by atoms with E-state index in [0.717, 1.165) is 47.4 Å². The standard InChI is InChI=1S/C20H27ClN4O/c1-4-17-16(18(5-2)26-25-17)12-23-19(22-3)24-13-20(9-10-20)14-7-6-8-15(21)11-14/h6-8,11H,4-5,9-10,12-13H2,1-3H3,(H2,22,23,24). The molecule has 1 aliphatic carbocycles. The average Bonchev–Trinajstić information content (AvgIpc) is 3.35. The predicted octanol–water partition coefficient (Wildman–Crippen LogP) is 3.85. The Hall–Kier alpha value is -2.01. The van der Waals surface area contributed by atoms with Crippen molar-refractivity contribution in [3.63, 3.8) is 0 Å². The first-order chi connectivity index (χ1) is 12.6. The van der Waals surface area contributed by atoms with Gasteiger partial charge in [0.15, 0.2) is 5.96 Å². The van der Waals surface area contributed by atoms with Gasteiger partial charge in [-0.15, -0.1) is 0 Å². The van der Waals surface area contributed by atoms with Crippen molar-refractivity contribution >= 4 is 17.6 Å². The maximum absolute atomic E-state index is 6.16. The molecule has 140 valence electrons. The summed E-state index contributed by atoms with van der Waals surface area (Å²) < 4.78 is 5.43. The zero-order chi connectivity index (χ0) is 18.6. The third-order valence-corrected chi connectivity index (χ3v) is 5.38. The minimum Gasteiger partial charge on any atom is -0.361 e. The number of guanidine groups is 1. The molecule has 2 aromatic rings. The molecule has 5 nitrogen and oxygen atoms in total. The second kappa shape index (κ2) is 8.12. The molecule has 0 amide bonds. The number of halogens is 1. The second-order valence-electron chi connectivity index (χ2n) is 6.81. The van der Waals surface area contributed by atoms with Gasteiger partial charge in [0.1, 0.15) is 5.76 Å². The molecule has 1 aromatic heterocycles. The molecule has 1 aliphatic rings. The number of hydrogen-bond donors (Lipinski definition) is 2. The Balaban J connectivity index is 1.60. The number of aromatic nitrogens is 1. The fourth-order valence-corrected chi connectivity index (χ4v) is 3.51. The molecular formula is C20H27ClN4O. The van der Waals surface area contributed by atoms with E-state index in [2.05, 4.69) is 46.8 Å². The number of nitrogens with one attached hydrogen (secondary N) is 2. The average molecular weight is 375 g/mol. The predicted molar refractivity (Wildman–Crippen MR) is 106 cm³/mol. The molecule has 26 heavy (non-hydrogen) atoms. The molecule has 0 aliphatic heterocycles. The Kier molecular flexibility index (Phi) is 5.87. The summed E-state index contributed by atoms with van der Waals surface area (Å²) in [6, 6.07) is 8.18. The highest BCUT2D eigenvalue weighted by Crippen LogP contribution is 2.48. The number of aryl methyl sites for hydroxylation is 2. The summed E-state index contributed by atoms with van der Waals surface area (Å²) in [6.45, 7) is 5.69. The van der Waals surface area contributed by atoms with Crippen molar-refractivity contribution in [2.24, 2.45) is 4.99 Å². The van der Waals surface area contributed by atoms with E-state index < -0.39 is 0 Å². The fraction of sp³-hybridized carbons (Fsp3) is 0.500. The van der Waals surface area contributed by atoms with E-state index in [9.17, 15) is 0 Å². The van der Waals surface area contributed by atoms with E-state index in [1.54, 1.807) is 7.05 Å². The van der Waals surface area contributed by atoms with Gasteiger partial charge in [-0.25, -0.2) is 0 Å². The van der Waals surface area contributed by atoms with E-state index in [1.807, 2.05) is 12.1 Å². The van der Waals surface area contributed by atoms with Crippen molar-refractivity contribution in [2.75, 3.05) is 13.6 Å². The molecule has 0 atom stereocenters. The Morgan fingerprint density at radius 2 is 2.08 bits per heavy atom. The van der Waals surface area contributed by atoms with E-state index in [1.165, 1.54) is 18.4 Å². The minimum absolute atomic E-state index is 0.170. The maximum atomic E-state index is 6.16. The first-order valence-electron chi connectivity index (χ1n) is 9.28. The molecule has 1 saturated carbocycles. The number of rotatable bonds is 7. The smallest absolute Gasteiger partial charge is 0.191 e. The van der Waals surface area contributed by atoms with Crippen LogP contribution in [0.3, 0.4) is 0 Å². The van der Waals surface area contributed by atoms with Crippen LogP contribution in [-0.2, 0) is 24.8 Å². The van der Waals surface area contributed by atoms with Gasteiger partial charge < -0.3 is 15.2 Å². The van der Waals surface area contributed by atoms with E-state index in [0.29, 0.717) is 6.54 Å². The number of nitrogens with zero attached hydrogens (tertiary/aromatic N) is 2. The summed E-state index contributed by atoms with van der Waals surface area (Å²) in [4.78, 5) is 4.36. The first kappa shape index (κ1) is 18.8. The lowest BCUT2D eigenvalue weighted by Crippen LogP contribution is -2.41. The highest BCUT2D eigenvalue weighted by atomic mass is 35.5. The van der Waals surface area contributed by atoms with Crippen molar-refractivity contribution < 1.29 is 4.52 Å². The molecule has 0 unspecified atom stereocenters. The molecule has 1 fully saturated rings. The van der Waals surface area contributed by atoms with E-state index in [-0.39, 0.29) is 5.41 Å². The van der Waals surface area contributed by atoms with Gasteiger partial charge in [0.05, 0.1) is 5.69 Å². The van der Waals surface area contributed by atoms with Gasteiger partial charge in [-0.05, 0) is 37.0 Å². The van der Waals surface area contributed by atoms with Gasteiger partial charge in [0.25, 0.3) is 0 Å². The lowest BCUT2D eigenvalue weighted by atomic mass is 9.96. The third kappa shape index (κ3) is 4.04. The molecule has 3 rings (SSSR count). The second-order valence-corrected chi connectivity index (χ2v) is 7.24. The van der Waals surface area contributed by atoms with Gasteiger partial charge in [-0.1, -0.05) is 42.7 Å². The van der Waals surface area contributed by atoms with Gasteiger partial charge in [-0.3, -0.25) is 4.99 Å². The van der Waals surface area contributed by atoms with Crippen LogP contribution in [0.4, 0.5) is 0 Å². The SMILES string of the molecule is CCc1noc(CC)c1CNC(=NC)NCC1(c2cccc(Cl)c2)CC1. The van der Waals surface area contributed by atoms with Crippen LogP contribution in [0.1, 0.15) is 49.3 Å². The molecule has 0 bridgehead atoms. The Morgan fingerprint density at radius 3 is 2.69 bits per heavy atom. The van der Waals surface area contributed by atoms with Crippen LogP contribution in [0.15, 0.2) is 33.8 Å². The molecule has 0 saturated heterocycles. The monoisotopic (exact) mass is 374 g/mol. The third-order valence-electron chi connectivity index (χ3n) is 5.15. The summed E-state index contributed by atoms with van der Waals surface area (Å²) in [5.74, 6) is 1.74. The largest absolute Gasteiger partial charge is 0.361 e. The zero-order valence-electron chi connectivity index (χ0n) is 15.7. The van der Waals surface area contributed by atoms with Crippen LogP contribution in [0.5, 0.6) is 0 Å². The maximum Gasteiger partial charge on any atom is 0.191 e. The van der Waals surface area contributed by atoms with Crippen molar-refractivity contribution in [1.82, 2.24) is 15.8 Å². The van der Waals surface area contributed by atoms with Gasteiger partial charge in [0.2, 0.25) is 0 Å². The molecule has 1 heterocycles. The summed E-state index contributed by atoms with van der Waals surface area (Å²) in [7, 11) is 1.80. The first-order valence-corrected chi connectivity index (χ1v) is 9.66. The quantitative estimate of drug-likeness (QED) is 0.570. The highest BCUT2D eigenvalue weighted by molar-refractivity contribution is 6.30. The minimum atomic E-state index is 0.170. The molecule has 6 heteroatoms.